The number of rotatable bonds is 6. The molecule has 0 aliphatic heterocycles. The summed E-state index contributed by atoms with van der Waals surface area (Å²) in [5.74, 6) is -0.987. The Kier molecular flexibility index (Phi) is 6.46. The van der Waals surface area contributed by atoms with Crippen molar-refractivity contribution in [2.45, 2.75) is 32.7 Å². The average molecular weight is 290 g/mol. The molecule has 0 aliphatic rings. The van der Waals surface area contributed by atoms with Crippen LogP contribution in [0.1, 0.15) is 32.3 Å². The number of carbonyl (C=O) groups is 2. The largest absolute Gasteiger partial charge is 0.478 e. The summed E-state index contributed by atoms with van der Waals surface area (Å²) >= 11 is 0. The van der Waals surface area contributed by atoms with Gasteiger partial charge in [0.2, 0.25) is 0 Å². The minimum atomic E-state index is -0.987. The van der Waals surface area contributed by atoms with Crippen LogP contribution in [0.3, 0.4) is 0 Å². The van der Waals surface area contributed by atoms with Gasteiger partial charge in [-0.3, -0.25) is 0 Å². The lowest BCUT2D eigenvalue weighted by Gasteiger charge is -2.24. The number of nitrogens with zero attached hydrogens (tertiary/aromatic N) is 1. The molecular formula is C16H22N2O3. The van der Waals surface area contributed by atoms with Gasteiger partial charge in [-0.25, -0.2) is 9.59 Å². The summed E-state index contributed by atoms with van der Waals surface area (Å²) in [4.78, 5) is 24.2. The molecule has 0 saturated carbocycles. The van der Waals surface area contributed by atoms with E-state index in [1.807, 2.05) is 6.92 Å². The molecule has 114 valence electrons. The summed E-state index contributed by atoms with van der Waals surface area (Å²) in [5, 5.41) is 11.4. The summed E-state index contributed by atoms with van der Waals surface area (Å²) in [5.41, 5.74) is 1.45. The van der Waals surface area contributed by atoms with Crippen LogP contribution >= 0.6 is 0 Å². The van der Waals surface area contributed by atoms with E-state index >= 15 is 0 Å². The maximum Gasteiger partial charge on any atom is 0.328 e. The summed E-state index contributed by atoms with van der Waals surface area (Å²) in [6.07, 6.45) is 4.57. The molecule has 21 heavy (non-hydrogen) atoms. The van der Waals surface area contributed by atoms with E-state index in [1.165, 1.54) is 6.08 Å². The number of amides is 2. The van der Waals surface area contributed by atoms with E-state index < -0.39 is 5.97 Å². The lowest BCUT2D eigenvalue weighted by atomic mass is 10.2. The van der Waals surface area contributed by atoms with Crippen LogP contribution < -0.4 is 5.32 Å². The second-order valence-electron chi connectivity index (χ2n) is 4.97. The van der Waals surface area contributed by atoms with Crippen molar-refractivity contribution < 1.29 is 14.7 Å². The van der Waals surface area contributed by atoms with Crippen molar-refractivity contribution in [1.82, 2.24) is 4.90 Å². The van der Waals surface area contributed by atoms with Crippen LogP contribution in [0.15, 0.2) is 30.3 Å². The summed E-state index contributed by atoms with van der Waals surface area (Å²) < 4.78 is 0. The van der Waals surface area contributed by atoms with Gasteiger partial charge in [0.1, 0.15) is 0 Å². The minimum Gasteiger partial charge on any atom is -0.478 e. The molecule has 5 heteroatoms. The first-order chi connectivity index (χ1) is 9.93. The molecule has 0 bridgehead atoms. The molecule has 1 aromatic carbocycles. The number of nitrogens with one attached hydrogen (secondary N) is 1. The van der Waals surface area contributed by atoms with Gasteiger partial charge >= 0.3 is 12.0 Å². The predicted molar refractivity (Wildman–Crippen MR) is 84.3 cm³/mol. The summed E-state index contributed by atoms with van der Waals surface area (Å²) in [6.45, 7) is 4.11. The number of hydrogen-bond donors (Lipinski definition) is 2. The van der Waals surface area contributed by atoms with Gasteiger partial charge in [0.25, 0.3) is 0 Å². The molecule has 0 saturated heterocycles. The second-order valence-corrected chi connectivity index (χ2v) is 4.97. The first-order valence-electron chi connectivity index (χ1n) is 6.99. The number of benzene rings is 1. The van der Waals surface area contributed by atoms with E-state index in [9.17, 15) is 9.59 Å². The lowest BCUT2D eigenvalue weighted by Crippen LogP contribution is -2.38. The Balaban J connectivity index is 2.63. The highest BCUT2D eigenvalue weighted by molar-refractivity contribution is 5.89. The number of aliphatic carboxylic acids is 1. The number of carboxylic acids is 1. The molecule has 0 heterocycles. The lowest BCUT2D eigenvalue weighted by molar-refractivity contribution is -0.131. The van der Waals surface area contributed by atoms with Crippen molar-refractivity contribution in [2.75, 3.05) is 12.4 Å². The number of carbonyl (C=O) groups excluding carboxylic acids is 1. The van der Waals surface area contributed by atoms with Crippen molar-refractivity contribution >= 4 is 23.8 Å². The molecule has 5 nitrogen and oxygen atoms in total. The molecule has 1 aromatic rings. The van der Waals surface area contributed by atoms with Gasteiger partial charge in [0.15, 0.2) is 0 Å². The fraction of sp³-hybridized carbons (Fsp3) is 0.375. The first kappa shape index (κ1) is 16.8. The third-order valence-corrected chi connectivity index (χ3v) is 3.27. The van der Waals surface area contributed by atoms with Crippen LogP contribution in [-0.2, 0) is 4.79 Å². The van der Waals surface area contributed by atoms with Crippen LogP contribution in [0.4, 0.5) is 10.5 Å². The average Bonchev–Trinajstić information content (AvgIpc) is 2.45. The highest BCUT2D eigenvalue weighted by Gasteiger charge is 2.14. The van der Waals surface area contributed by atoms with Crippen molar-refractivity contribution in [3.8, 4) is 0 Å². The smallest absolute Gasteiger partial charge is 0.328 e. The number of urea groups is 1. The van der Waals surface area contributed by atoms with Gasteiger partial charge in [0.05, 0.1) is 0 Å². The van der Waals surface area contributed by atoms with E-state index in [0.717, 1.165) is 24.5 Å². The second kappa shape index (κ2) is 8.09. The number of hydrogen-bond acceptors (Lipinski definition) is 2. The van der Waals surface area contributed by atoms with Crippen LogP contribution in [0, 0.1) is 0 Å². The van der Waals surface area contributed by atoms with Crippen LogP contribution in [0.25, 0.3) is 6.08 Å². The fourth-order valence-electron chi connectivity index (χ4n) is 1.87. The Morgan fingerprint density at radius 2 is 1.95 bits per heavy atom. The van der Waals surface area contributed by atoms with Gasteiger partial charge in [-0.05, 0) is 37.1 Å². The highest BCUT2D eigenvalue weighted by atomic mass is 16.4. The Morgan fingerprint density at radius 1 is 1.33 bits per heavy atom. The number of anilines is 1. The Hall–Kier alpha value is -2.30. The molecule has 1 unspecified atom stereocenters. The first-order valence-corrected chi connectivity index (χ1v) is 6.99. The molecular weight excluding hydrogens is 268 g/mol. The van der Waals surface area contributed by atoms with Crippen molar-refractivity contribution in [1.29, 1.82) is 0 Å². The van der Waals surface area contributed by atoms with E-state index in [2.05, 4.69) is 12.2 Å². The highest BCUT2D eigenvalue weighted by Crippen LogP contribution is 2.13. The SMILES string of the molecule is CCCC(C)N(C)C(=O)Nc1ccc(C=CC(=O)O)cc1. The zero-order valence-electron chi connectivity index (χ0n) is 12.7. The van der Waals surface area contributed by atoms with E-state index in [0.29, 0.717) is 5.69 Å². The van der Waals surface area contributed by atoms with Crippen molar-refractivity contribution in [2.24, 2.45) is 0 Å². The van der Waals surface area contributed by atoms with Crippen LogP contribution in [0.5, 0.6) is 0 Å². The van der Waals surface area contributed by atoms with Gasteiger partial charge < -0.3 is 15.3 Å². The van der Waals surface area contributed by atoms with Crippen LogP contribution in [0.2, 0.25) is 0 Å². The minimum absolute atomic E-state index is 0.148. The summed E-state index contributed by atoms with van der Waals surface area (Å²) in [6, 6.07) is 7.04. The maximum atomic E-state index is 12.1. The Morgan fingerprint density at radius 3 is 2.48 bits per heavy atom. The molecule has 0 spiro atoms. The van der Waals surface area contributed by atoms with Gasteiger partial charge in [0, 0.05) is 24.9 Å². The van der Waals surface area contributed by atoms with Crippen molar-refractivity contribution in [3.05, 3.63) is 35.9 Å². The van der Waals surface area contributed by atoms with Crippen molar-refractivity contribution in [3.63, 3.8) is 0 Å². The zero-order chi connectivity index (χ0) is 15.8. The third-order valence-electron chi connectivity index (χ3n) is 3.27. The quantitative estimate of drug-likeness (QED) is 0.788. The predicted octanol–water partition coefficient (Wildman–Crippen LogP) is 3.44. The van der Waals surface area contributed by atoms with Gasteiger partial charge in [-0.1, -0.05) is 25.5 Å². The summed E-state index contributed by atoms with van der Waals surface area (Å²) in [7, 11) is 1.78. The molecule has 0 fully saturated rings. The maximum absolute atomic E-state index is 12.1. The molecule has 2 amide bonds. The molecule has 0 radical (unpaired) electrons. The number of carboxylic acid groups (broad SMARTS) is 1. The zero-order valence-corrected chi connectivity index (χ0v) is 12.7. The topological polar surface area (TPSA) is 69.6 Å². The standard InChI is InChI=1S/C16H22N2O3/c1-4-5-12(2)18(3)16(21)17-14-9-6-13(7-10-14)8-11-15(19)20/h6-12H,4-5H2,1-3H3,(H,17,21)(H,19,20). The Bertz CT molecular complexity index is 509. The van der Waals surface area contributed by atoms with Crippen LogP contribution in [-0.4, -0.2) is 35.1 Å². The molecule has 2 N–H and O–H groups in total. The molecule has 0 aliphatic carbocycles. The van der Waals surface area contributed by atoms with Gasteiger partial charge in [-0.2, -0.15) is 0 Å². The fourth-order valence-corrected chi connectivity index (χ4v) is 1.87. The normalized spacial score (nSPS) is 12.1. The Labute approximate surface area is 125 Å². The van der Waals surface area contributed by atoms with E-state index in [-0.39, 0.29) is 12.1 Å². The molecule has 1 atom stereocenters. The molecule has 1 rings (SSSR count). The van der Waals surface area contributed by atoms with E-state index in [4.69, 9.17) is 5.11 Å². The molecule has 0 aromatic heterocycles. The monoisotopic (exact) mass is 290 g/mol. The van der Waals surface area contributed by atoms with E-state index in [1.54, 1.807) is 36.2 Å². The third kappa shape index (κ3) is 5.69. The van der Waals surface area contributed by atoms with Gasteiger partial charge in [-0.15, -0.1) is 0 Å².